The van der Waals surface area contributed by atoms with Crippen LogP contribution in [0.4, 0.5) is 46.2 Å². The van der Waals surface area contributed by atoms with Gasteiger partial charge in [-0.2, -0.15) is 0 Å². The van der Waals surface area contributed by atoms with E-state index in [2.05, 4.69) is 153 Å². The summed E-state index contributed by atoms with van der Waals surface area (Å²) in [5.41, 5.74) is 3.46. The SMILES string of the molecule is F[B-](F)(F)F.F[B-](F)(F)F.[Fe+2].c1ccc(-c2cccc(-c3ccccn3)n2)nc1.c1ccc(P(Nc2cccc(NP(c3ccccc3)c3ccccc3)n2)c2ccccc2)cc1. The van der Waals surface area contributed by atoms with Crippen LogP contribution in [0.3, 0.4) is 0 Å². The zero-order valence-corrected chi connectivity index (χ0v) is 35.7. The molecule has 4 heterocycles. The number of hydrogen-bond acceptors (Lipinski definition) is 6. The van der Waals surface area contributed by atoms with Crippen molar-refractivity contribution >= 4 is 63.5 Å². The van der Waals surface area contributed by atoms with Gasteiger partial charge >= 0.3 is 31.6 Å². The molecule has 63 heavy (non-hydrogen) atoms. The summed E-state index contributed by atoms with van der Waals surface area (Å²) in [5, 5.41) is 12.5. The third-order valence-electron chi connectivity index (χ3n) is 7.86. The first kappa shape index (κ1) is 49.7. The van der Waals surface area contributed by atoms with Crippen molar-refractivity contribution in [3.63, 3.8) is 0 Å². The Morgan fingerprint density at radius 1 is 0.317 bits per heavy atom. The molecule has 2 N–H and O–H groups in total. The van der Waals surface area contributed by atoms with E-state index in [9.17, 15) is 34.5 Å². The molecule has 0 fully saturated rings. The summed E-state index contributed by atoms with van der Waals surface area (Å²) in [6, 6.07) is 66.0. The van der Waals surface area contributed by atoms with Gasteiger partial charge in [-0.05, 0) is 48.5 Å². The standard InChI is InChI=1S/C29H25N3P2.C15H11N3.2BF4.Fe/c1-5-14-24(15-6-1)33(25-16-7-2-8-17-25)31-28-22-13-23-29(30-28)32-34(26-18-9-3-10-19-26)27-20-11-4-12-21-27;1-3-10-16-12(6-1)14-8-5-9-15(18-14)13-7-2-4-11-17-13;2*2-1(3,4)5;/h1-23H,(H2,30,31,32);1-11H;;;/q;;2*-1;+2. The number of anilines is 2. The molecule has 19 heteroatoms. The number of aromatic nitrogens is 4. The number of nitrogens with one attached hydrogen (secondary N) is 2. The van der Waals surface area contributed by atoms with Crippen LogP contribution in [0, 0.1) is 0 Å². The Hall–Kier alpha value is -5.97. The van der Waals surface area contributed by atoms with Gasteiger partial charge in [-0.15, -0.1) is 0 Å². The third-order valence-corrected chi connectivity index (χ3v) is 12.0. The molecule has 0 saturated heterocycles. The fourth-order valence-electron chi connectivity index (χ4n) is 5.40. The zero-order valence-electron chi connectivity index (χ0n) is 32.8. The molecule has 0 aliphatic rings. The first-order valence-electron chi connectivity index (χ1n) is 18.7. The molecule has 8 rings (SSSR count). The van der Waals surface area contributed by atoms with Crippen LogP contribution in [0.5, 0.6) is 0 Å². The van der Waals surface area contributed by atoms with Crippen molar-refractivity contribution in [2.75, 3.05) is 10.2 Å². The largest absolute Gasteiger partial charge is 2.00 e. The summed E-state index contributed by atoms with van der Waals surface area (Å²) in [6.45, 7) is 0. The van der Waals surface area contributed by atoms with Crippen LogP contribution >= 0.6 is 16.1 Å². The van der Waals surface area contributed by atoms with E-state index in [1.165, 1.54) is 21.2 Å². The first-order chi connectivity index (χ1) is 29.8. The van der Waals surface area contributed by atoms with Gasteiger partial charge in [-0.1, -0.05) is 146 Å². The minimum Gasteiger partial charge on any atom is -0.418 e. The second-order valence-electron chi connectivity index (χ2n) is 12.5. The summed E-state index contributed by atoms with van der Waals surface area (Å²) in [4.78, 5) is 18.2. The summed E-state index contributed by atoms with van der Waals surface area (Å²) in [6.07, 6.45) is 3.54. The molecule has 0 amide bonds. The molecule has 0 atom stereocenters. The summed E-state index contributed by atoms with van der Waals surface area (Å²) in [7, 11) is -13.6. The molecule has 0 bridgehead atoms. The van der Waals surface area contributed by atoms with Crippen molar-refractivity contribution in [3.05, 3.63) is 207 Å². The van der Waals surface area contributed by atoms with Crippen LogP contribution in [-0.4, -0.2) is 34.4 Å². The van der Waals surface area contributed by atoms with Crippen molar-refractivity contribution in [3.8, 4) is 22.8 Å². The van der Waals surface area contributed by atoms with Crippen molar-refractivity contribution < 1.29 is 51.6 Å². The van der Waals surface area contributed by atoms with Gasteiger partial charge in [0.15, 0.2) is 0 Å². The average Bonchev–Trinajstić information content (AvgIpc) is 3.28. The molecular weight excluding hydrogens is 904 g/mol. The van der Waals surface area contributed by atoms with Crippen molar-refractivity contribution in [1.82, 2.24) is 19.9 Å². The number of benzene rings is 4. The van der Waals surface area contributed by atoms with Gasteiger partial charge in [0, 0.05) is 33.6 Å². The molecule has 0 spiro atoms. The number of rotatable bonds is 10. The van der Waals surface area contributed by atoms with E-state index in [0.717, 1.165) is 34.4 Å². The molecule has 0 aliphatic heterocycles. The van der Waals surface area contributed by atoms with Gasteiger partial charge in [0.25, 0.3) is 0 Å². The number of hydrogen-bond donors (Lipinski definition) is 2. The maximum atomic E-state index is 9.75. The van der Waals surface area contributed by atoms with Gasteiger partial charge in [0.1, 0.15) is 11.6 Å². The number of nitrogens with zero attached hydrogens (tertiary/aromatic N) is 4. The average molecular weight is 940 g/mol. The van der Waals surface area contributed by atoms with E-state index in [1.54, 1.807) is 12.4 Å². The van der Waals surface area contributed by atoms with Crippen LogP contribution < -0.4 is 31.4 Å². The summed E-state index contributed by atoms with van der Waals surface area (Å²) >= 11 is 0. The topological polar surface area (TPSA) is 75.6 Å². The van der Waals surface area contributed by atoms with Gasteiger partial charge in [0.05, 0.1) is 38.9 Å². The van der Waals surface area contributed by atoms with Crippen LogP contribution in [0.1, 0.15) is 0 Å². The maximum absolute atomic E-state index is 9.75. The Morgan fingerprint density at radius 2 is 0.587 bits per heavy atom. The predicted molar refractivity (Wildman–Crippen MR) is 241 cm³/mol. The molecule has 0 aliphatic carbocycles. The molecular formula is C44H36B2F8FeN6P2. The Labute approximate surface area is 373 Å². The summed E-state index contributed by atoms with van der Waals surface area (Å²) < 4.78 is 78.0. The Morgan fingerprint density at radius 3 is 0.873 bits per heavy atom. The Kier molecular flexibility index (Phi) is 19.9. The van der Waals surface area contributed by atoms with Gasteiger partial charge in [-0.3, -0.25) is 9.97 Å². The monoisotopic (exact) mass is 940 g/mol. The second-order valence-corrected chi connectivity index (χ2v) is 16.3. The van der Waals surface area contributed by atoms with Crippen molar-refractivity contribution in [2.45, 2.75) is 0 Å². The van der Waals surface area contributed by atoms with E-state index in [4.69, 9.17) is 4.98 Å². The third kappa shape index (κ3) is 18.5. The molecule has 4 aromatic carbocycles. The van der Waals surface area contributed by atoms with E-state index in [1.807, 2.05) is 66.7 Å². The second kappa shape index (κ2) is 25.2. The fourth-order valence-corrected chi connectivity index (χ4v) is 9.10. The molecule has 8 aromatic rings. The zero-order chi connectivity index (χ0) is 44.2. The van der Waals surface area contributed by atoms with Crippen molar-refractivity contribution in [2.24, 2.45) is 0 Å². The molecule has 0 saturated carbocycles. The number of halogens is 8. The van der Waals surface area contributed by atoms with Gasteiger partial charge < -0.3 is 44.7 Å². The quantitative estimate of drug-likeness (QED) is 0.0808. The van der Waals surface area contributed by atoms with Crippen molar-refractivity contribution in [1.29, 1.82) is 0 Å². The minimum atomic E-state index is -6.00. The smallest absolute Gasteiger partial charge is 0.418 e. The molecule has 4 aromatic heterocycles. The molecule has 322 valence electrons. The van der Waals surface area contributed by atoms with Crippen LogP contribution in [0.2, 0.25) is 0 Å². The van der Waals surface area contributed by atoms with Gasteiger partial charge in [-0.25, -0.2) is 9.97 Å². The van der Waals surface area contributed by atoms with E-state index in [0.29, 0.717) is 0 Å². The normalized spacial score (nSPS) is 10.7. The fraction of sp³-hybridized carbons (Fsp3) is 0. The van der Waals surface area contributed by atoms with Crippen LogP contribution in [0.25, 0.3) is 22.8 Å². The molecule has 6 nitrogen and oxygen atoms in total. The Balaban J connectivity index is 0.000000250. The van der Waals surface area contributed by atoms with Gasteiger partial charge in [0.2, 0.25) is 0 Å². The van der Waals surface area contributed by atoms with Crippen LogP contribution in [-0.2, 0) is 17.1 Å². The van der Waals surface area contributed by atoms with E-state index >= 15 is 0 Å². The first-order valence-corrected chi connectivity index (χ1v) is 21.3. The van der Waals surface area contributed by atoms with Crippen LogP contribution in [0.15, 0.2) is 207 Å². The summed E-state index contributed by atoms with van der Waals surface area (Å²) in [5.74, 6) is 1.72. The maximum Gasteiger partial charge on any atom is 2.00 e. The van der Waals surface area contributed by atoms with E-state index < -0.39 is 30.7 Å². The molecule has 0 radical (unpaired) electrons. The molecule has 0 unspecified atom stereocenters. The van der Waals surface area contributed by atoms with E-state index in [-0.39, 0.29) is 17.1 Å². The Bertz CT molecular complexity index is 2240. The predicted octanol–water partition coefficient (Wildman–Crippen LogP) is 11.8. The minimum absolute atomic E-state index is 0. The number of pyridine rings is 4.